The zero-order chi connectivity index (χ0) is 17.0. The molecule has 124 valence electrons. The summed E-state index contributed by atoms with van der Waals surface area (Å²) < 4.78 is 28.7. The Morgan fingerprint density at radius 2 is 1.78 bits per heavy atom. The summed E-state index contributed by atoms with van der Waals surface area (Å²) in [5.74, 6) is 0.497. The van der Waals surface area contributed by atoms with E-state index >= 15 is 0 Å². The molecule has 0 amide bonds. The van der Waals surface area contributed by atoms with Crippen LogP contribution in [0.25, 0.3) is 11.0 Å². The number of fused-ring (bicyclic) bond motifs is 1. The Hall–Kier alpha value is -1.40. The van der Waals surface area contributed by atoms with Gasteiger partial charge in [-0.25, -0.2) is 9.37 Å². The van der Waals surface area contributed by atoms with Gasteiger partial charge in [0.25, 0.3) is 0 Å². The van der Waals surface area contributed by atoms with Crippen molar-refractivity contribution >= 4 is 23.6 Å². The third-order valence-corrected chi connectivity index (χ3v) is 4.99. The topological polar surface area (TPSA) is 36.3 Å². The molecule has 4 nitrogen and oxygen atoms in total. The second-order valence-corrected chi connectivity index (χ2v) is 7.27. The predicted octanol–water partition coefficient (Wildman–Crippen LogP) is 3.19. The van der Waals surface area contributed by atoms with Gasteiger partial charge in [0.05, 0.1) is 16.7 Å². The number of benzene rings is 1. The molecule has 0 unspecified atom stereocenters. The van der Waals surface area contributed by atoms with Gasteiger partial charge in [-0.2, -0.15) is 0 Å². The van der Waals surface area contributed by atoms with Crippen LogP contribution in [0.15, 0.2) is 12.1 Å². The Balaban J connectivity index is 2.08. The van der Waals surface area contributed by atoms with Crippen molar-refractivity contribution < 1.29 is 13.7 Å². The average molecular weight is 318 g/mol. The van der Waals surface area contributed by atoms with Gasteiger partial charge in [0.15, 0.2) is 5.82 Å². The average Bonchev–Trinajstić information content (AvgIpc) is 2.86. The van der Waals surface area contributed by atoms with E-state index in [0.717, 1.165) is 24.3 Å². The zero-order valence-electron chi connectivity index (χ0n) is 14.7. The molecule has 0 bridgehead atoms. The molecule has 0 spiro atoms. The van der Waals surface area contributed by atoms with Crippen LogP contribution in [0.2, 0.25) is 0 Å². The van der Waals surface area contributed by atoms with Crippen molar-refractivity contribution in [3.8, 4) is 0 Å². The standard InChI is InChI=1S/C17H24BFN2O2/c1-7-8-21-11(2)20-15-13(19)9-12(10-14(15)21)18-22-16(3,4)17(5,6)23-18/h9-10H,7-8H2,1-6H3. The predicted molar refractivity (Wildman–Crippen MR) is 90.4 cm³/mol. The van der Waals surface area contributed by atoms with Crippen molar-refractivity contribution in [2.24, 2.45) is 0 Å². The Morgan fingerprint density at radius 3 is 2.35 bits per heavy atom. The number of hydrogen-bond acceptors (Lipinski definition) is 3. The van der Waals surface area contributed by atoms with Crippen molar-refractivity contribution in [2.75, 3.05) is 0 Å². The van der Waals surface area contributed by atoms with Gasteiger partial charge < -0.3 is 13.9 Å². The van der Waals surface area contributed by atoms with E-state index in [1.165, 1.54) is 6.07 Å². The summed E-state index contributed by atoms with van der Waals surface area (Å²) in [5, 5.41) is 0. The van der Waals surface area contributed by atoms with E-state index in [4.69, 9.17) is 9.31 Å². The quantitative estimate of drug-likeness (QED) is 0.816. The van der Waals surface area contributed by atoms with Crippen LogP contribution in [0.3, 0.4) is 0 Å². The largest absolute Gasteiger partial charge is 0.495 e. The van der Waals surface area contributed by atoms with Crippen molar-refractivity contribution in [1.29, 1.82) is 0 Å². The summed E-state index contributed by atoms with van der Waals surface area (Å²) in [4.78, 5) is 4.36. The van der Waals surface area contributed by atoms with Gasteiger partial charge in [0.2, 0.25) is 0 Å². The number of hydrogen-bond donors (Lipinski definition) is 0. The van der Waals surface area contributed by atoms with E-state index in [2.05, 4.69) is 11.9 Å². The van der Waals surface area contributed by atoms with Crippen LogP contribution in [0.5, 0.6) is 0 Å². The minimum absolute atomic E-state index is 0.329. The molecule has 1 aromatic heterocycles. The number of halogens is 1. The minimum Gasteiger partial charge on any atom is -0.399 e. The highest BCUT2D eigenvalue weighted by Crippen LogP contribution is 2.36. The molecule has 23 heavy (non-hydrogen) atoms. The number of nitrogens with zero attached hydrogens (tertiary/aromatic N) is 2. The van der Waals surface area contributed by atoms with E-state index in [-0.39, 0.29) is 5.82 Å². The fourth-order valence-corrected chi connectivity index (χ4v) is 2.94. The summed E-state index contributed by atoms with van der Waals surface area (Å²) in [6.45, 7) is 12.8. The van der Waals surface area contributed by atoms with E-state index in [1.54, 1.807) is 0 Å². The maximum absolute atomic E-state index is 14.5. The summed E-state index contributed by atoms with van der Waals surface area (Å²) in [7, 11) is -0.566. The van der Waals surface area contributed by atoms with Crippen molar-refractivity contribution in [2.45, 2.75) is 65.7 Å². The molecule has 1 aliphatic heterocycles. The van der Waals surface area contributed by atoms with Gasteiger partial charge in [-0.1, -0.05) is 6.92 Å². The first kappa shape index (κ1) is 16.5. The molecule has 0 radical (unpaired) electrons. The van der Waals surface area contributed by atoms with Gasteiger partial charge in [0.1, 0.15) is 11.3 Å². The van der Waals surface area contributed by atoms with Crippen molar-refractivity contribution in [3.05, 3.63) is 23.8 Å². The first-order valence-corrected chi connectivity index (χ1v) is 8.18. The minimum atomic E-state index is -0.566. The molecule has 1 aliphatic rings. The van der Waals surface area contributed by atoms with Gasteiger partial charge in [-0.05, 0) is 58.6 Å². The van der Waals surface area contributed by atoms with Crippen LogP contribution in [0.4, 0.5) is 4.39 Å². The highest BCUT2D eigenvalue weighted by molar-refractivity contribution is 6.62. The van der Waals surface area contributed by atoms with Crippen LogP contribution in [0.1, 0.15) is 46.9 Å². The highest BCUT2D eigenvalue weighted by Gasteiger charge is 2.51. The molecule has 1 fully saturated rings. The number of aromatic nitrogens is 2. The molecule has 0 atom stereocenters. The molecule has 6 heteroatoms. The molecular weight excluding hydrogens is 294 g/mol. The molecule has 2 aromatic rings. The smallest absolute Gasteiger partial charge is 0.399 e. The first-order valence-electron chi connectivity index (χ1n) is 8.18. The molecule has 0 aliphatic carbocycles. The Labute approximate surface area is 137 Å². The third-order valence-electron chi connectivity index (χ3n) is 4.99. The maximum atomic E-state index is 14.5. The monoisotopic (exact) mass is 318 g/mol. The fourth-order valence-electron chi connectivity index (χ4n) is 2.94. The SMILES string of the molecule is CCCn1c(C)nc2c(F)cc(B3OC(C)(C)C(C)(C)O3)cc21. The molecule has 3 rings (SSSR count). The Kier molecular flexibility index (Phi) is 3.80. The summed E-state index contributed by atoms with van der Waals surface area (Å²) in [5.41, 5.74) is 1.03. The fraction of sp³-hybridized carbons (Fsp3) is 0.588. The van der Waals surface area contributed by atoms with E-state index in [9.17, 15) is 4.39 Å². The van der Waals surface area contributed by atoms with Gasteiger partial charge >= 0.3 is 7.12 Å². The van der Waals surface area contributed by atoms with E-state index in [1.807, 2.05) is 45.3 Å². The lowest BCUT2D eigenvalue weighted by Crippen LogP contribution is -2.41. The van der Waals surface area contributed by atoms with Crippen LogP contribution in [-0.2, 0) is 15.9 Å². The lowest BCUT2D eigenvalue weighted by Gasteiger charge is -2.32. The number of imidazole rings is 1. The summed E-state index contributed by atoms with van der Waals surface area (Å²) >= 11 is 0. The number of aryl methyl sites for hydroxylation is 2. The maximum Gasteiger partial charge on any atom is 0.495 e. The van der Waals surface area contributed by atoms with Crippen molar-refractivity contribution in [3.63, 3.8) is 0 Å². The highest BCUT2D eigenvalue weighted by atomic mass is 19.1. The Bertz CT molecular complexity index is 739. The van der Waals surface area contributed by atoms with Crippen LogP contribution < -0.4 is 5.46 Å². The second kappa shape index (κ2) is 5.31. The molecule has 1 aromatic carbocycles. The van der Waals surface area contributed by atoms with E-state index < -0.39 is 18.3 Å². The lowest BCUT2D eigenvalue weighted by atomic mass is 9.79. The molecular formula is C17H24BFN2O2. The van der Waals surface area contributed by atoms with Crippen molar-refractivity contribution in [1.82, 2.24) is 9.55 Å². The second-order valence-electron chi connectivity index (χ2n) is 7.27. The normalized spacial score (nSPS) is 19.7. The Morgan fingerprint density at radius 1 is 1.17 bits per heavy atom. The van der Waals surface area contributed by atoms with Crippen LogP contribution in [0, 0.1) is 12.7 Å². The molecule has 1 saturated heterocycles. The van der Waals surface area contributed by atoms with Crippen LogP contribution >= 0.6 is 0 Å². The molecule has 0 saturated carbocycles. The first-order chi connectivity index (χ1) is 10.7. The van der Waals surface area contributed by atoms with Gasteiger partial charge in [-0.3, -0.25) is 0 Å². The van der Waals surface area contributed by atoms with E-state index in [0.29, 0.717) is 11.0 Å². The summed E-state index contributed by atoms with van der Waals surface area (Å²) in [6.07, 6.45) is 0.967. The number of rotatable bonds is 3. The van der Waals surface area contributed by atoms with Gasteiger partial charge in [-0.15, -0.1) is 0 Å². The summed E-state index contributed by atoms with van der Waals surface area (Å²) in [6, 6.07) is 3.42. The van der Waals surface area contributed by atoms with Gasteiger partial charge in [0, 0.05) is 6.54 Å². The molecule has 0 N–H and O–H groups in total. The zero-order valence-corrected chi connectivity index (χ0v) is 14.7. The molecule has 2 heterocycles. The third kappa shape index (κ3) is 2.58. The lowest BCUT2D eigenvalue weighted by molar-refractivity contribution is 0.00578. The van der Waals surface area contributed by atoms with Crippen LogP contribution in [-0.4, -0.2) is 27.9 Å².